The zero-order valence-electron chi connectivity index (χ0n) is 4.18. The van der Waals surface area contributed by atoms with Crippen LogP contribution in [-0.4, -0.2) is 18.7 Å². The van der Waals surface area contributed by atoms with Crippen LogP contribution in [-0.2, 0) is 9.59 Å². The van der Waals surface area contributed by atoms with E-state index < -0.39 is 24.7 Å². The number of carbonyl (C=O) groups is 2. The van der Waals surface area contributed by atoms with Gasteiger partial charge < -0.3 is 9.59 Å². The fourth-order valence-electron chi connectivity index (χ4n) is 0.186. The van der Waals surface area contributed by atoms with E-state index in [0.29, 0.717) is 0 Å². The Bertz CT molecular complexity index is 109. The van der Waals surface area contributed by atoms with Crippen molar-refractivity contribution in [3.63, 3.8) is 0 Å². The molecule has 0 fully saturated rings. The molecule has 0 aliphatic carbocycles. The second-order valence-corrected chi connectivity index (χ2v) is 1.34. The summed E-state index contributed by atoms with van der Waals surface area (Å²) in [5.41, 5.74) is 0. The number of hydrogen-bond acceptors (Lipinski definition) is 2. The van der Waals surface area contributed by atoms with Gasteiger partial charge >= 0.3 is 6.18 Å². The minimum absolute atomic E-state index is 0.438. The summed E-state index contributed by atoms with van der Waals surface area (Å²) in [5, 5.41) is 0. The van der Waals surface area contributed by atoms with Crippen LogP contribution >= 0.6 is 0 Å². The molecule has 0 aromatic heterocycles. The minimum atomic E-state index is -4.72. The largest absolute Gasteiger partial charge is 0.404 e. The van der Waals surface area contributed by atoms with Gasteiger partial charge in [-0.05, 0) is 0 Å². The van der Waals surface area contributed by atoms with Crippen LogP contribution in [0.4, 0.5) is 13.2 Å². The summed E-state index contributed by atoms with van der Waals surface area (Å²) in [4.78, 5) is 18.9. The Labute approximate surface area is 48.7 Å². The molecule has 52 valence electrons. The first-order chi connectivity index (χ1) is 4.02. The maximum absolute atomic E-state index is 11.3. The van der Waals surface area contributed by atoms with Gasteiger partial charge in [-0.3, -0.25) is 0 Å². The van der Waals surface area contributed by atoms with E-state index in [2.05, 4.69) is 0 Å². The van der Waals surface area contributed by atoms with E-state index >= 15 is 0 Å². The van der Waals surface area contributed by atoms with Crippen LogP contribution in [0.3, 0.4) is 0 Å². The van der Waals surface area contributed by atoms with Gasteiger partial charge in [-0.25, -0.2) is 0 Å². The predicted molar refractivity (Wildman–Crippen MR) is 21.7 cm³/mol. The van der Waals surface area contributed by atoms with Crippen LogP contribution in [0.5, 0.6) is 0 Å². The third kappa shape index (κ3) is 2.25. The second-order valence-electron chi connectivity index (χ2n) is 1.34. The van der Waals surface area contributed by atoms with Crippen molar-refractivity contribution in [3.8, 4) is 0 Å². The molecule has 2 nitrogen and oxygen atoms in total. The van der Waals surface area contributed by atoms with Crippen LogP contribution in [0.25, 0.3) is 0 Å². The third-order valence-electron chi connectivity index (χ3n) is 0.671. The molecule has 0 heterocycles. The summed E-state index contributed by atoms with van der Waals surface area (Å²) < 4.78 is 33.8. The third-order valence-corrected chi connectivity index (χ3v) is 0.671. The average molecular weight is 140 g/mol. The van der Waals surface area contributed by atoms with E-state index in [1.165, 1.54) is 0 Å². The molecule has 0 atom stereocenters. The van der Waals surface area contributed by atoms with Crippen LogP contribution < -0.4 is 0 Å². The molecule has 0 rings (SSSR count). The van der Waals surface area contributed by atoms with Gasteiger partial charge in [-0.15, -0.1) is 0 Å². The molecule has 0 saturated carbocycles. The SMILES string of the molecule is O=CC(C=O)C(F)(F)F. The lowest BCUT2D eigenvalue weighted by Crippen LogP contribution is -2.25. The molecule has 0 aliphatic rings. The van der Waals surface area contributed by atoms with Crippen LogP contribution in [0.2, 0.25) is 0 Å². The van der Waals surface area contributed by atoms with Crippen molar-refractivity contribution in [2.45, 2.75) is 6.18 Å². The van der Waals surface area contributed by atoms with Crippen molar-refractivity contribution in [1.29, 1.82) is 0 Å². The van der Waals surface area contributed by atoms with E-state index in [0.717, 1.165) is 0 Å². The van der Waals surface area contributed by atoms with E-state index in [9.17, 15) is 22.8 Å². The first-order valence-corrected chi connectivity index (χ1v) is 1.99. The van der Waals surface area contributed by atoms with Gasteiger partial charge in [0.15, 0.2) is 5.92 Å². The second kappa shape index (κ2) is 2.61. The molecule has 0 bridgehead atoms. The normalized spacial score (nSPS) is 11.6. The topological polar surface area (TPSA) is 34.1 Å². The number of alkyl halides is 3. The maximum atomic E-state index is 11.3. The van der Waals surface area contributed by atoms with Gasteiger partial charge in [-0.1, -0.05) is 0 Å². The summed E-state index contributed by atoms with van der Waals surface area (Å²) in [6.07, 6.45) is -5.59. The molecule has 0 unspecified atom stereocenters. The number of aldehydes is 2. The smallest absolute Gasteiger partial charge is 0.302 e. The summed E-state index contributed by atoms with van der Waals surface area (Å²) in [6, 6.07) is 0. The fraction of sp³-hybridized carbons (Fsp3) is 0.500. The average Bonchev–Trinajstić information content (AvgIpc) is 1.65. The zero-order chi connectivity index (χ0) is 7.49. The lowest BCUT2D eigenvalue weighted by Gasteiger charge is -2.05. The number of rotatable bonds is 2. The Hall–Kier alpha value is -0.870. The molecule has 0 aromatic carbocycles. The summed E-state index contributed by atoms with van der Waals surface area (Å²) >= 11 is 0. The quantitative estimate of drug-likeness (QED) is 0.415. The van der Waals surface area contributed by atoms with Crippen molar-refractivity contribution < 1.29 is 22.8 Å². The molecule has 0 aliphatic heterocycles. The highest BCUT2D eigenvalue weighted by atomic mass is 19.4. The van der Waals surface area contributed by atoms with Gasteiger partial charge in [0.25, 0.3) is 0 Å². The maximum Gasteiger partial charge on any atom is 0.404 e. The van der Waals surface area contributed by atoms with E-state index in [1.54, 1.807) is 0 Å². The molecule has 5 heteroatoms. The minimum Gasteiger partial charge on any atom is -0.302 e. The summed E-state index contributed by atoms with van der Waals surface area (Å²) in [5.74, 6) is -2.46. The number of hydrogen-bond donors (Lipinski definition) is 0. The van der Waals surface area contributed by atoms with Gasteiger partial charge in [0.05, 0.1) is 0 Å². The Morgan fingerprint density at radius 1 is 1.11 bits per heavy atom. The van der Waals surface area contributed by atoms with Crippen molar-refractivity contribution in [2.75, 3.05) is 0 Å². The highest BCUT2D eigenvalue weighted by Crippen LogP contribution is 2.22. The molecular weight excluding hydrogens is 137 g/mol. The number of halogens is 3. The molecular formula is C4H3F3O2. The molecule has 0 radical (unpaired) electrons. The monoisotopic (exact) mass is 140 g/mol. The molecule has 0 aromatic rings. The van der Waals surface area contributed by atoms with Gasteiger partial charge in [-0.2, -0.15) is 13.2 Å². The Morgan fingerprint density at radius 2 is 1.44 bits per heavy atom. The van der Waals surface area contributed by atoms with Crippen LogP contribution in [0.1, 0.15) is 0 Å². The van der Waals surface area contributed by atoms with Gasteiger partial charge in [0.2, 0.25) is 0 Å². The molecule has 0 amide bonds. The van der Waals surface area contributed by atoms with E-state index in [1.807, 2.05) is 0 Å². The van der Waals surface area contributed by atoms with Gasteiger partial charge in [0, 0.05) is 0 Å². The molecule has 0 N–H and O–H groups in total. The Morgan fingerprint density at radius 3 is 1.44 bits per heavy atom. The van der Waals surface area contributed by atoms with Crippen molar-refractivity contribution in [1.82, 2.24) is 0 Å². The molecule has 9 heavy (non-hydrogen) atoms. The molecule has 0 spiro atoms. The van der Waals surface area contributed by atoms with Crippen LogP contribution in [0.15, 0.2) is 0 Å². The van der Waals surface area contributed by atoms with Crippen molar-refractivity contribution in [3.05, 3.63) is 0 Å². The number of carbonyl (C=O) groups excluding carboxylic acids is 2. The highest BCUT2D eigenvalue weighted by Gasteiger charge is 2.39. The first kappa shape index (κ1) is 8.13. The van der Waals surface area contributed by atoms with E-state index in [-0.39, 0.29) is 0 Å². The van der Waals surface area contributed by atoms with E-state index in [4.69, 9.17) is 0 Å². The lowest BCUT2D eigenvalue weighted by molar-refractivity contribution is -0.173. The first-order valence-electron chi connectivity index (χ1n) is 1.99. The standard InChI is InChI=1S/C4H3F3O2/c5-4(6,7)3(1-8)2-9/h1-3H. The lowest BCUT2D eigenvalue weighted by atomic mass is 10.2. The van der Waals surface area contributed by atoms with Crippen LogP contribution in [0, 0.1) is 5.92 Å². The summed E-state index contributed by atoms with van der Waals surface area (Å²) in [6.45, 7) is 0. The summed E-state index contributed by atoms with van der Waals surface area (Å²) in [7, 11) is 0. The Balaban J connectivity index is 4.11. The fourth-order valence-corrected chi connectivity index (χ4v) is 0.186. The Kier molecular flexibility index (Phi) is 2.36. The predicted octanol–water partition coefficient (Wildman–Crippen LogP) is 0.563. The van der Waals surface area contributed by atoms with Gasteiger partial charge in [0.1, 0.15) is 12.6 Å². The molecule has 0 saturated heterocycles. The van der Waals surface area contributed by atoms with Crippen molar-refractivity contribution >= 4 is 12.6 Å². The zero-order valence-corrected chi connectivity index (χ0v) is 4.18. The van der Waals surface area contributed by atoms with Crippen molar-refractivity contribution in [2.24, 2.45) is 5.92 Å². The highest BCUT2D eigenvalue weighted by molar-refractivity contribution is 5.78.